The van der Waals surface area contributed by atoms with E-state index in [1.54, 1.807) is 4.90 Å². The van der Waals surface area contributed by atoms with E-state index in [9.17, 15) is 9.90 Å². The summed E-state index contributed by atoms with van der Waals surface area (Å²) in [6, 6.07) is 0. The average Bonchev–Trinajstić information content (AvgIpc) is 2.20. The van der Waals surface area contributed by atoms with Crippen molar-refractivity contribution >= 4 is 5.91 Å². The molecule has 2 N–H and O–H groups in total. The Balaban J connectivity index is 2.64. The first-order chi connectivity index (χ1) is 6.64. The maximum atomic E-state index is 11.9. The lowest BCUT2D eigenvalue weighted by molar-refractivity contribution is -0.152. The number of amides is 1. The molecule has 1 rings (SSSR count). The van der Waals surface area contributed by atoms with Gasteiger partial charge in [0, 0.05) is 19.6 Å². The fraction of sp³-hybridized carbons (Fsp3) is 0.900. The van der Waals surface area contributed by atoms with E-state index in [-0.39, 0.29) is 5.91 Å². The molecular weight excluding hydrogens is 180 g/mol. The van der Waals surface area contributed by atoms with Crippen molar-refractivity contribution in [2.75, 3.05) is 26.2 Å². The molecule has 1 heterocycles. The molecule has 0 aromatic rings. The average molecular weight is 200 g/mol. The van der Waals surface area contributed by atoms with Crippen LogP contribution in [0.5, 0.6) is 0 Å². The van der Waals surface area contributed by atoms with Crippen LogP contribution < -0.4 is 5.32 Å². The van der Waals surface area contributed by atoms with Crippen molar-refractivity contribution in [3.05, 3.63) is 0 Å². The lowest BCUT2D eigenvalue weighted by Gasteiger charge is -2.35. The van der Waals surface area contributed by atoms with E-state index >= 15 is 0 Å². The minimum absolute atomic E-state index is 0.130. The number of carbonyl (C=O) groups excluding carboxylic acids is 1. The highest BCUT2D eigenvalue weighted by molar-refractivity contribution is 5.85. The van der Waals surface area contributed by atoms with Crippen molar-refractivity contribution in [2.45, 2.75) is 32.3 Å². The number of nitrogens with zero attached hydrogens (tertiary/aromatic N) is 1. The monoisotopic (exact) mass is 200 g/mol. The van der Waals surface area contributed by atoms with Gasteiger partial charge in [-0.1, -0.05) is 0 Å². The Labute approximate surface area is 85.3 Å². The Bertz CT molecular complexity index is 196. The van der Waals surface area contributed by atoms with E-state index in [2.05, 4.69) is 5.32 Å². The Morgan fingerprint density at radius 2 is 2.14 bits per heavy atom. The molecule has 82 valence electrons. The molecule has 0 radical (unpaired) electrons. The maximum Gasteiger partial charge on any atom is 0.255 e. The molecule has 4 nitrogen and oxygen atoms in total. The molecule has 1 atom stereocenters. The van der Waals surface area contributed by atoms with E-state index in [0.717, 1.165) is 13.0 Å². The number of hydrogen-bond donors (Lipinski definition) is 2. The Morgan fingerprint density at radius 3 is 2.57 bits per heavy atom. The lowest BCUT2D eigenvalue weighted by atomic mass is 9.92. The zero-order valence-corrected chi connectivity index (χ0v) is 9.05. The van der Waals surface area contributed by atoms with Gasteiger partial charge in [-0.15, -0.1) is 0 Å². The summed E-state index contributed by atoms with van der Waals surface area (Å²) >= 11 is 0. The summed E-state index contributed by atoms with van der Waals surface area (Å²) in [4.78, 5) is 13.6. The fourth-order valence-electron chi connectivity index (χ4n) is 1.88. The van der Waals surface area contributed by atoms with Crippen LogP contribution in [0, 0.1) is 0 Å². The van der Waals surface area contributed by atoms with Gasteiger partial charge < -0.3 is 15.3 Å². The number of β-amino-alcohol motifs (C(OH)–C–C–N with tert-alkyl or cyclic N) is 1. The molecule has 1 fully saturated rings. The van der Waals surface area contributed by atoms with Crippen molar-refractivity contribution in [3.8, 4) is 0 Å². The third-order valence-electron chi connectivity index (χ3n) is 2.81. The van der Waals surface area contributed by atoms with Gasteiger partial charge in [-0.2, -0.15) is 0 Å². The summed E-state index contributed by atoms with van der Waals surface area (Å²) in [5, 5.41) is 13.2. The van der Waals surface area contributed by atoms with Crippen LogP contribution in [0.25, 0.3) is 0 Å². The first kappa shape index (κ1) is 11.5. The molecule has 1 saturated heterocycles. The molecule has 0 aromatic carbocycles. The Morgan fingerprint density at radius 1 is 1.50 bits per heavy atom. The molecule has 4 heteroatoms. The summed E-state index contributed by atoms with van der Waals surface area (Å²) in [5.41, 5.74) is -1.16. The number of likely N-dealkylation sites (N-methyl/N-ethyl adjacent to an activating group) is 1. The predicted octanol–water partition coefficient (Wildman–Crippen LogP) is -0.0307. The number of piperidine rings is 1. The van der Waals surface area contributed by atoms with Crippen molar-refractivity contribution in [3.63, 3.8) is 0 Å². The normalized spacial score (nSPS) is 27.4. The highest BCUT2D eigenvalue weighted by Crippen LogP contribution is 2.18. The number of aliphatic hydroxyl groups is 1. The van der Waals surface area contributed by atoms with Crippen LogP contribution in [-0.4, -0.2) is 47.7 Å². The summed E-state index contributed by atoms with van der Waals surface area (Å²) in [6.07, 6.45) is 1.44. The molecule has 0 aliphatic carbocycles. The van der Waals surface area contributed by atoms with Crippen LogP contribution in [0.15, 0.2) is 0 Å². The van der Waals surface area contributed by atoms with E-state index in [4.69, 9.17) is 0 Å². The van der Waals surface area contributed by atoms with Gasteiger partial charge in [0.2, 0.25) is 0 Å². The zero-order chi connectivity index (χ0) is 10.6. The first-order valence-corrected chi connectivity index (χ1v) is 5.36. The molecule has 0 aromatic heterocycles. The smallest absolute Gasteiger partial charge is 0.255 e. The van der Waals surface area contributed by atoms with Gasteiger partial charge in [0.15, 0.2) is 5.60 Å². The molecule has 1 unspecified atom stereocenters. The summed E-state index contributed by atoms with van der Waals surface area (Å²) in [6.45, 7) is 6.48. The Hall–Kier alpha value is -0.610. The third kappa shape index (κ3) is 2.25. The second kappa shape index (κ2) is 4.75. The predicted molar refractivity (Wildman–Crippen MR) is 55.0 cm³/mol. The second-order valence-corrected chi connectivity index (χ2v) is 3.79. The SMILES string of the molecule is CCN(CC)C(=O)C1(O)CCCNC1. The van der Waals surface area contributed by atoms with E-state index < -0.39 is 5.60 Å². The topological polar surface area (TPSA) is 52.6 Å². The van der Waals surface area contributed by atoms with Gasteiger partial charge in [0.05, 0.1) is 0 Å². The molecular formula is C10H20N2O2. The second-order valence-electron chi connectivity index (χ2n) is 3.79. The largest absolute Gasteiger partial charge is 0.379 e. The van der Waals surface area contributed by atoms with Gasteiger partial charge in [-0.05, 0) is 33.2 Å². The van der Waals surface area contributed by atoms with Gasteiger partial charge in [-0.25, -0.2) is 0 Å². The molecule has 1 aliphatic heterocycles. The minimum atomic E-state index is -1.16. The highest BCUT2D eigenvalue weighted by atomic mass is 16.3. The molecule has 1 aliphatic rings. The van der Waals surface area contributed by atoms with E-state index in [1.165, 1.54) is 0 Å². The van der Waals surface area contributed by atoms with Crippen molar-refractivity contribution in [1.29, 1.82) is 0 Å². The van der Waals surface area contributed by atoms with Crippen molar-refractivity contribution in [2.24, 2.45) is 0 Å². The minimum Gasteiger partial charge on any atom is -0.379 e. The molecule has 1 amide bonds. The molecule has 0 bridgehead atoms. The molecule has 0 saturated carbocycles. The number of nitrogens with one attached hydrogen (secondary N) is 1. The summed E-state index contributed by atoms with van der Waals surface area (Å²) < 4.78 is 0. The number of rotatable bonds is 3. The van der Waals surface area contributed by atoms with E-state index in [0.29, 0.717) is 26.1 Å². The van der Waals surface area contributed by atoms with Crippen LogP contribution in [0.3, 0.4) is 0 Å². The van der Waals surface area contributed by atoms with Crippen LogP contribution >= 0.6 is 0 Å². The number of carbonyl (C=O) groups is 1. The van der Waals surface area contributed by atoms with Crippen LogP contribution in [0.2, 0.25) is 0 Å². The van der Waals surface area contributed by atoms with Gasteiger partial charge in [0.1, 0.15) is 0 Å². The van der Waals surface area contributed by atoms with Crippen LogP contribution in [-0.2, 0) is 4.79 Å². The first-order valence-electron chi connectivity index (χ1n) is 5.36. The lowest BCUT2D eigenvalue weighted by Crippen LogP contribution is -2.57. The van der Waals surface area contributed by atoms with Gasteiger partial charge in [0.25, 0.3) is 5.91 Å². The quantitative estimate of drug-likeness (QED) is 0.672. The summed E-state index contributed by atoms with van der Waals surface area (Å²) in [7, 11) is 0. The maximum absolute atomic E-state index is 11.9. The standard InChI is InChI=1S/C10H20N2O2/c1-3-12(4-2)9(13)10(14)6-5-7-11-8-10/h11,14H,3-8H2,1-2H3. The van der Waals surface area contributed by atoms with Gasteiger partial charge >= 0.3 is 0 Å². The summed E-state index contributed by atoms with van der Waals surface area (Å²) in [5.74, 6) is -0.130. The zero-order valence-electron chi connectivity index (χ0n) is 9.05. The fourth-order valence-corrected chi connectivity index (χ4v) is 1.88. The highest BCUT2D eigenvalue weighted by Gasteiger charge is 2.39. The Kier molecular flexibility index (Phi) is 3.89. The van der Waals surface area contributed by atoms with Gasteiger partial charge in [-0.3, -0.25) is 4.79 Å². The van der Waals surface area contributed by atoms with Crippen molar-refractivity contribution in [1.82, 2.24) is 10.2 Å². The van der Waals surface area contributed by atoms with E-state index in [1.807, 2.05) is 13.8 Å². The van der Waals surface area contributed by atoms with Crippen molar-refractivity contribution < 1.29 is 9.90 Å². The molecule has 14 heavy (non-hydrogen) atoms. The van der Waals surface area contributed by atoms with Crippen LogP contribution in [0.1, 0.15) is 26.7 Å². The van der Waals surface area contributed by atoms with Crippen LogP contribution in [0.4, 0.5) is 0 Å². The molecule has 0 spiro atoms. The third-order valence-corrected chi connectivity index (χ3v) is 2.81. The number of hydrogen-bond acceptors (Lipinski definition) is 3.